The highest BCUT2D eigenvalue weighted by atomic mass is 16.4. The average molecular weight is 287 g/mol. The number of aliphatic carboxylic acids is 1. The topological polar surface area (TPSA) is 40.5 Å². The van der Waals surface area contributed by atoms with Crippen LogP contribution in [0.5, 0.6) is 0 Å². The molecule has 21 heavy (non-hydrogen) atoms. The number of hydrogen-bond donors (Lipinski definition) is 1. The number of rotatable bonds is 3. The Morgan fingerprint density at radius 3 is 2.76 bits per heavy atom. The Morgan fingerprint density at radius 1 is 1.33 bits per heavy atom. The molecule has 2 fully saturated rings. The largest absolute Gasteiger partial charge is 0.480 e. The molecular formula is C18H25NO2. The zero-order valence-electron chi connectivity index (χ0n) is 13.2. The minimum Gasteiger partial charge on any atom is -0.480 e. The standard InChI is InChI=1S/C18H25NO2/c1-11-7-8-15(12(2)9-11)13(3)19-10-14-5-4-6-16(14)17(19)18(20)21/h7-9,13-14,16-17H,4-6,10H2,1-3H3,(H,20,21). The molecular weight excluding hydrogens is 262 g/mol. The Bertz CT molecular complexity index is 554. The molecule has 0 bridgehead atoms. The van der Waals surface area contributed by atoms with Crippen molar-refractivity contribution < 1.29 is 9.90 Å². The van der Waals surface area contributed by atoms with Crippen molar-refractivity contribution >= 4 is 5.97 Å². The fourth-order valence-corrected chi connectivity index (χ4v) is 4.54. The van der Waals surface area contributed by atoms with Gasteiger partial charge in [-0.25, -0.2) is 0 Å². The fraction of sp³-hybridized carbons (Fsp3) is 0.611. The van der Waals surface area contributed by atoms with E-state index in [1.807, 2.05) is 0 Å². The molecule has 1 heterocycles. The lowest BCUT2D eigenvalue weighted by Crippen LogP contribution is -2.41. The number of benzene rings is 1. The van der Waals surface area contributed by atoms with Gasteiger partial charge in [0.15, 0.2) is 0 Å². The average Bonchev–Trinajstić information content (AvgIpc) is 2.96. The number of carboxylic acids is 1. The summed E-state index contributed by atoms with van der Waals surface area (Å²) in [5.41, 5.74) is 3.80. The van der Waals surface area contributed by atoms with E-state index in [0.29, 0.717) is 11.8 Å². The predicted octanol–water partition coefficient (Wildman–Crippen LogP) is 3.55. The maximum Gasteiger partial charge on any atom is 0.321 e. The normalized spacial score (nSPS) is 30.3. The highest BCUT2D eigenvalue weighted by molar-refractivity contribution is 5.74. The number of likely N-dealkylation sites (tertiary alicyclic amines) is 1. The summed E-state index contributed by atoms with van der Waals surface area (Å²) in [5, 5.41) is 9.70. The van der Waals surface area contributed by atoms with Gasteiger partial charge in [-0.15, -0.1) is 0 Å². The Labute approximate surface area is 127 Å². The van der Waals surface area contributed by atoms with Crippen molar-refractivity contribution in [2.75, 3.05) is 6.54 Å². The van der Waals surface area contributed by atoms with Crippen LogP contribution in [-0.2, 0) is 4.79 Å². The molecule has 114 valence electrons. The number of carboxylic acid groups (broad SMARTS) is 1. The van der Waals surface area contributed by atoms with Crippen molar-refractivity contribution in [1.29, 1.82) is 0 Å². The first kappa shape index (κ1) is 14.6. The summed E-state index contributed by atoms with van der Waals surface area (Å²) in [6, 6.07) is 6.37. The lowest BCUT2D eigenvalue weighted by molar-refractivity contribution is -0.144. The minimum absolute atomic E-state index is 0.178. The summed E-state index contributed by atoms with van der Waals surface area (Å²) in [6.07, 6.45) is 3.48. The van der Waals surface area contributed by atoms with Crippen molar-refractivity contribution in [3.8, 4) is 0 Å². The molecule has 1 aliphatic heterocycles. The predicted molar refractivity (Wildman–Crippen MR) is 83.3 cm³/mol. The fourth-order valence-electron chi connectivity index (χ4n) is 4.54. The molecule has 2 aliphatic rings. The molecule has 0 radical (unpaired) electrons. The zero-order chi connectivity index (χ0) is 15.1. The highest BCUT2D eigenvalue weighted by Gasteiger charge is 2.49. The Kier molecular flexibility index (Phi) is 3.78. The van der Waals surface area contributed by atoms with Crippen LogP contribution in [0.25, 0.3) is 0 Å². The lowest BCUT2D eigenvalue weighted by Gasteiger charge is -2.31. The highest BCUT2D eigenvalue weighted by Crippen LogP contribution is 2.45. The Hall–Kier alpha value is -1.35. The van der Waals surface area contributed by atoms with Crippen LogP contribution in [0.2, 0.25) is 0 Å². The van der Waals surface area contributed by atoms with Crippen molar-refractivity contribution in [2.45, 2.75) is 52.1 Å². The Morgan fingerprint density at radius 2 is 2.10 bits per heavy atom. The molecule has 4 atom stereocenters. The summed E-state index contributed by atoms with van der Waals surface area (Å²) in [7, 11) is 0. The molecule has 1 aromatic rings. The summed E-state index contributed by atoms with van der Waals surface area (Å²) in [5.74, 6) is 0.302. The number of nitrogens with zero attached hydrogens (tertiary/aromatic N) is 1. The molecule has 0 aromatic heterocycles. The van der Waals surface area contributed by atoms with E-state index < -0.39 is 5.97 Å². The molecule has 4 unspecified atom stereocenters. The molecule has 1 aromatic carbocycles. The van der Waals surface area contributed by atoms with E-state index in [2.05, 4.69) is 43.9 Å². The molecule has 1 N–H and O–H groups in total. The van der Waals surface area contributed by atoms with E-state index in [-0.39, 0.29) is 12.1 Å². The second-order valence-electron chi connectivity index (χ2n) is 6.87. The van der Waals surface area contributed by atoms with Crippen LogP contribution in [0.1, 0.15) is 48.9 Å². The first-order valence-corrected chi connectivity index (χ1v) is 8.04. The van der Waals surface area contributed by atoms with Gasteiger partial charge < -0.3 is 5.11 Å². The molecule has 0 spiro atoms. The third-order valence-electron chi connectivity index (χ3n) is 5.55. The van der Waals surface area contributed by atoms with E-state index >= 15 is 0 Å². The number of aryl methyl sites for hydroxylation is 2. The van der Waals surface area contributed by atoms with Crippen LogP contribution in [0.3, 0.4) is 0 Å². The summed E-state index contributed by atoms with van der Waals surface area (Å²) in [4.78, 5) is 14.0. The summed E-state index contributed by atoms with van der Waals surface area (Å²) < 4.78 is 0. The van der Waals surface area contributed by atoms with Crippen LogP contribution in [0.15, 0.2) is 18.2 Å². The van der Waals surface area contributed by atoms with E-state index in [9.17, 15) is 9.90 Å². The SMILES string of the molecule is Cc1ccc(C(C)N2CC3CCCC3C2C(=O)O)c(C)c1. The van der Waals surface area contributed by atoms with E-state index in [4.69, 9.17) is 0 Å². The summed E-state index contributed by atoms with van der Waals surface area (Å²) in [6.45, 7) is 7.33. The van der Waals surface area contributed by atoms with Gasteiger partial charge in [0.25, 0.3) is 0 Å². The van der Waals surface area contributed by atoms with Crippen molar-refractivity contribution in [3.05, 3.63) is 34.9 Å². The van der Waals surface area contributed by atoms with Crippen LogP contribution in [0.4, 0.5) is 0 Å². The third kappa shape index (κ3) is 2.48. The molecule has 0 amide bonds. The first-order chi connectivity index (χ1) is 9.99. The van der Waals surface area contributed by atoms with Crippen LogP contribution in [0, 0.1) is 25.7 Å². The van der Waals surface area contributed by atoms with Gasteiger partial charge in [-0.2, -0.15) is 0 Å². The maximum absolute atomic E-state index is 11.8. The second kappa shape index (κ2) is 5.45. The number of fused-ring (bicyclic) bond motifs is 1. The van der Waals surface area contributed by atoms with Crippen LogP contribution < -0.4 is 0 Å². The van der Waals surface area contributed by atoms with Gasteiger partial charge in [0.1, 0.15) is 6.04 Å². The van der Waals surface area contributed by atoms with Gasteiger partial charge in [-0.05, 0) is 56.6 Å². The second-order valence-corrected chi connectivity index (χ2v) is 6.87. The molecule has 3 rings (SSSR count). The van der Waals surface area contributed by atoms with Gasteiger partial charge in [-0.3, -0.25) is 9.69 Å². The van der Waals surface area contributed by atoms with Crippen molar-refractivity contribution in [2.24, 2.45) is 11.8 Å². The van der Waals surface area contributed by atoms with Crippen molar-refractivity contribution in [3.63, 3.8) is 0 Å². The number of hydrogen-bond acceptors (Lipinski definition) is 2. The molecule has 3 heteroatoms. The molecule has 3 nitrogen and oxygen atoms in total. The Balaban J connectivity index is 1.89. The van der Waals surface area contributed by atoms with E-state index in [1.165, 1.54) is 29.5 Å². The van der Waals surface area contributed by atoms with Gasteiger partial charge in [0.2, 0.25) is 0 Å². The molecule has 1 aliphatic carbocycles. The smallest absolute Gasteiger partial charge is 0.321 e. The quantitative estimate of drug-likeness (QED) is 0.924. The monoisotopic (exact) mass is 287 g/mol. The van der Waals surface area contributed by atoms with Gasteiger partial charge in [-0.1, -0.05) is 30.2 Å². The van der Waals surface area contributed by atoms with Crippen LogP contribution >= 0.6 is 0 Å². The first-order valence-electron chi connectivity index (χ1n) is 8.04. The van der Waals surface area contributed by atoms with E-state index in [0.717, 1.165) is 13.0 Å². The lowest BCUT2D eigenvalue weighted by atomic mass is 9.93. The van der Waals surface area contributed by atoms with Gasteiger partial charge >= 0.3 is 5.97 Å². The number of carbonyl (C=O) groups is 1. The van der Waals surface area contributed by atoms with Gasteiger partial charge in [0.05, 0.1) is 0 Å². The minimum atomic E-state index is -0.638. The summed E-state index contributed by atoms with van der Waals surface area (Å²) >= 11 is 0. The van der Waals surface area contributed by atoms with Crippen LogP contribution in [-0.4, -0.2) is 28.6 Å². The molecule has 1 saturated heterocycles. The maximum atomic E-state index is 11.8. The van der Waals surface area contributed by atoms with Crippen molar-refractivity contribution in [1.82, 2.24) is 4.90 Å². The third-order valence-corrected chi connectivity index (χ3v) is 5.55. The van der Waals surface area contributed by atoms with Gasteiger partial charge in [0, 0.05) is 12.6 Å². The van der Waals surface area contributed by atoms with E-state index in [1.54, 1.807) is 0 Å². The molecule has 1 saturated carbocycles. The zero-order valence-corrected chi connectivity index (χ0v) is 13.2.